The minimum Gasteiger partial charge on any atom is -0.324 e. The minimum atomic E-state index is -0.844. The fraction of sp³-hybridized carbons (Fsp3) is 0.480. The highest BCUT2D eigenvalue weighted by atomic mass is 32.2. The molecular formula is C25H30N4O4S. The van der Waals surface area contributed by atoms with Crippen molar-refractivity contribution in [3.05, 3.63) is 46.4 Å². The summed E-state index contributed by atoms with van der Waals surface area (Å²) in [6, 6.07) is 7.66. The molecule has 1 aliphatic carbocycles. The molecule has 3 atom stereocenters. The van der Waals surface area contributed by atoms with E-state index < -0.39 is 6.04 Å². The van der Waals surface area contributed by atoms with Crippen molar-refractivity contribution in [1.29, 1.82) is 0 Å². The smallest absolute Gasteiger partial charge is 0.251 e. The molecule has 2 fully saturated rings. The highest BCUT2D eigenvalue weighted by Crippen LogP contribution is 2.39. The van der Waals surface area contributed by atoms with Crippen LogP contribution in [0.1, 0.15) is 44.7 Å². The Balaban J connectivity index is 1.58. The maximum absolute atomic E-state index is 13.4. The topological polar surface area (TPSA) is 112 Å². The van der Waals surface area contributed by atoms with Gasteiger partial charge >= 0.3 is 0 Å². The van der Waals surface area contributed by atoms with E-state index in [4.69, 9.17) is 0 Å². The number of aromatic amines is 1. The number of fused-ring (bicyclic) bond motifs is 1. The molecule has 8 nitrogen and oxygen atoms in total. The molecule has 180 valence electrons. The minimum absolute atomic E-state index is 0.206. The van der Waals surface area contributed by atoms with Crippen molar-refractivity contribution in [2.45, 2.75) is 51.5 Å². The first kappa shape index (κ1) is 24.2. The SMILES string of the molecule is CCc1cc(=O)[nH]c(-c2cccc(NC(=O)C(CCSC)N3C(=O)C4CCCCC4C3=O)c2)n1. The van der Waals surface area contributed by atoms with Gasteiger partial charge in [-0.1, -0.05) is 31.9 Å². The zero-order chi connectivity index (χ0) is 24.2. The molecule has 34 heavy (non-hydrogen) atoms. The van der Waals surface area contributed by atoms with Crippen molar-refractivity contribution in [2.75, 3.05) is 17.3 Å². The van der Waals surface area contributed by atoms with Crippen LogP contribution in [0.4, 0.5) is 5.69 Å². The summed E-state index contributed by atoms with van der Waals surface area (Å²) < 4.78 is 0. The number of carbonyl (C=O) groups excluding carboxylic acids is 3. The van der Waals surface area contributed by atoms with Gasteiger partial charge in [-0.25, -0.2) is 4.98 Å². The maximum Gasteiger partial charge on any atom is 0.251 e. The van der Waals surface area contributed by atoms with Crippen LogP contribution in [-0.2, 0) is 20.8 Å². The molecule has 1 saturated heterocycles. The number of likely N-dealkylation sites (tertiary alicyclic amines) is 1. The van der Waals surface area contributed by atoms with E-state index in [-0.39, 0.29) is 35.1 Å². The van der Waals surface area contributed by atoms with E-state index in [1.54, 1.807) is 36.0 Å². The number of hydrogen-bond acceptors (Lipinski definition) is 6. The molecule has 3 amide bonds. The second kappa shape index (κ2) is 10.5. The second-order valence-electron chi connectivity index (χ2n) is 8.85. The number of thioether (sulfide) groups is 1. The van der Waals surface area contributed by atoms with Crippen LogP contribution in [0.2, 0.25) is 0 Å². The molecule has 1 aromatic heterocycles. The number of H-pyrrole nitrogens is 1. The van der Waals surface area contributed by atoms with Gasteiger partial charge in [0.25, 0.3) is 5.56 Å². The lowest BCUT2D eigenvalue weighted by Gasteiger charge is -2.26. The van der Waals surface area contributed by atoms with Crippen LogP contribution < -0.4 is 10.9 Å². The number of benzene rings is 1. The van der Waals surface area contributed by atoms with Gasteiger partial charge in [0.2, 0.25) is 17.7 Å². The van der Waals surface area contributed by atoms with Crippen molar-refractivity contribution < 1.29 is 14.4 Å². The molecule has 0 bridgehead atoms. The van der Waals surface area contributed by atoms with E-state index in [1.165, 1.54) is 11.0 Å². The van der Waals surface area contributed by atoms with Gasteiger partial charge in [0.15, 0.2) is 0 Å². The Morgan fingerprint density at radius 3 is 2.53 bits per heavy atom. The van der Waals surface area contributed by atoms with Crippen molar-refractivity contribution in [3.8, 4) is 11.4 Å². The average Bonchev–Trinajstić information content (AvgIpc) is 3.09. The molecule has 2 aromatic rings. The Morgan fingerprint density at radius 1 is 1.18 bits per heavy atom. The van der Waals surface area contributed by atoms with Gasteiger partial charge in [-0.2, -0.15) is 11.8 Å². The fourth-order valence-corrected chi connectivity index (χ4v) is 5.36. The Hall–Kier alpha value is -2.94. The summed E-state index contributed by atoms with van der Waals surface area (Å²) >= 11 is 1.57. The van der Waals surface area contributed by atoms with Gasteiger partial charge in [-0.3, -0.25) is 24.1 Å². The van der Waals surface area contributed by atoms with E-state index in [1.807, 2.05) is 13.2 Å². The summed E-state index contributed by atoms with van der Waals surface area (Å²) in [5.74, 6) is -0.292. The monoisotopic (exact) mass is 482 g/mol. The quantitative estimate of drug-likeness (QED) is 0.559. The fourth-order valence-electron chi connectivity index (χ4n) is 4.90. The third kappa shape index (κ3) is 4.94. The molecule has 1 saturated carbocycles. The number of aromatic nitrogens is 2. The van der Waals surface area contributed by atoms with E-state index >= 15 is 0 Å². The lowest BCUT2D eigenvalue weighted by molar-refractivity contribution is -0.146. The Kier molecular flexibility index (Phi) is 7.50. The molecule has 0 spiro atoms. The molecule has 2 N–H and O–H groups in total. The number of nitrogens with zero attached hydrogens (tertiary/aromatic N) is 2. The molecule has 9 heteroatoms. The Labute approximate surface area is 202 Å². The first-order valence-corrected chi connectivity index (χ1v) is 13.2. The van der Waals surface area contributed by atoms with Crippen LogP contribution in [0.3, 0.4) is 0 Å². The van der Waals surface area contributed by atoms with Gasteiger partial charge in [-0.15, -0.1) is 0 Å². The third-order valence-corrected chi connectivity index (χ3v) is 7.29. The predicted molar refractivity (Wildman–Crippen MR) is 132 cm³/mol. The summed E-state index contributed by atoms with van der Waals surface area (Å²) in [5, 5.41) is 2.89. The van der Waals surface area contributed by atoms with Gasteiger partial charge in [0, 0.05) is 23.0 Å². The van der Waals surface area contributed by atoms with Crippen LogP contribution in [0, 0.1) is 11.8 Å². The summed E-state index contributed by atoms with van der Waals surface area (Å²) in [4.78, 5) is 60.0. The molecule has 2 aliphatic rings. The molecule has 4 rings (SSSR count). The van der Waals surface area contributed by atoms with E-state index in [2.05, 4.69) is 15.3 Å². The highest BCUT2D eigenvalue weighted by Gasteiger charge is 2.51. The molecule has 0 radical (unpaired) electrons. The Morgan fingerprint density at radius 2 is 1.88 bits per heavy atom. The van der Waals surface area contributed by atoms with Crippen LogP contribution in [0.25, 0.3) is 11.4 Å². The number of imide groups is 1. The predicted octanol–water partition coefficient (Wildman–Crippen LogP) is 3.23. The van der Waals surface area contributed by atoms with Gasteiger partial charge < -0.3 is 10.3 Å². The van der Waals surface area contributed by atoms with Crippen LogP contribution in [0.5, 0.6) is 0 Å². The van der Waals surface area contributed by atoms with Gasteiger partial charge in [0.1, 0.15) is 11.9 Å². The van der Waals surface area contributed by atoms with Crippen LogP contribution >= 0.6 is 11.8 Å². The summed E-state index contributed by atoms with van der Waals surface area (Å²) in [6.45, 7) is 1.92. The van der Waals surface area contributed by atoms with Gasteiger partial charge in [0.05, 0.1) is 11.8 Å². The van der Waals surface area contributed by atoms with E-state index in [9.17, 15) is 19.2 Å². The zero-order valence-electron chi connectivity index (χ0n) is 19.5. The number of rotatable bonds is 8. The lowest BCUT2D eigenvalue weighted by atomic mass is 9.81. The van der Waals surface area contributed by atoms with E-state index in [0.29, 0.717) is 54.2 Å². The zero-order valence-corrected chi connectivity index (χ0v) is 20.3. The Bertz CT molecular complexity index is 1120. The maximum atomic E-state index is 13.4. The highest BCUT2D eigenvalue weighted by molar-refractivity contribution is 7.98. The number of nitrogens with one attached hydrogen (secondary N) is 2. The second-order valence-corrected chi connectivity index (χ2v) is 9.84. The number of anilines is 1. The van der Waals surface area contributed by atoms with Crippen LogP contribution in [0.15, 0.2) is 35.1 Å². The van der Waals surface area contributed by atoms with Crippen LogP contribution in [-0.4, -0.2) is 50.6 Å². The normalized spacial score (nSPS) is 20.8. The van der Waals surface area contributed by atoms with Crippen molar-refractivity contribution in [1.82, 2.24) is 14.9 Å². The lowest BCUT2D eigenvalue weighted by Crippen LogP contribution is -2.48. The first-order chi connectivity index (χ1) is 16.4. The third-order valence-electron chi connectivity index (χ3n) is 6.65. The number of aryl methyl sites for hydroxylation is 1. The summed E-state index contributed by atoms with van der Waals surface area (Å²) in [5.41, 5.74) is 1.61. The molecular weight excluding hydrogens is 452 g/mol. The first-order valence-electron chi connectivity index (χ1n) is 11.8. The van der Waals surface area contributed by atoms with Crippen molar-refractivity contribution in [2.24, 2.45) is 11.8 Å². The van der Waals surface area contributed by atoms with Crippen molar-refractivity contribution in [3.63, 3.8) is 0 Å². The average molecular weight is 483 g/mol. The number of amides is 3. The molecule has 2 heterocycles. The standard InChI is InChI=1S/C25H30N4O4S/c1-3-16-14-21(30)28-22(26-16)15-7-6-8-17(13-15)27-23(31)20(11-12-34-2)29-24(32)18-9-4-5-10-19(18)25(29)33/h6-8,13-14,18-20H,3-5,9-12H2,1-2H3,(H,27,31)(H,26,28,30). The molecule has 3 unspecified atom stereocenters. The van der Waals surface area contributed by atoms with Crippen molar-refractivity contribution >= 4 is 35.2 Å². The molecule has 1 aromatic carbocycles. The molecule has 1 aliphatic heterocycles. The van der Waals surface area contributed by atoms with Gasteiger partial charge in [-0.05, 0) is 49.8 Å². The summed E-state index contributed by atoms with van der Waals surface area (Å²) in [7, 11) is 0. The number of carbonyl (C=O) groups is 3. The summed E-state index contributed by atoms with van der Waals surface area (Å²) in [6.07, 6.45) is 6.28. The largest absolute Gasteiger partial charge is 0.324 e. The number of hydrogen-bond donors (Lipinski definition) is 2. The van der Waals surface area contributed by atoms with E-state index in [0.717, 1.165) is 12.8 Å².